The van der Waals surface area contributed by atoms with Crippen molar-refractivity contribution in [3.8, 4) is 0 Å². The molecule has 0 atom stereocenters. The largest absolute Gasteiger partial charge is 0 e. The zero-order chi connectivity index (χ0) is 0. The van der Waals surface area contributed by atoms with Crippen LogP contribution in [-0.2, 0) is 33.3 Å². The monoisotopic (exact) mass is 225 g/mol. The Bertz CT molecular complexity index is 9.61. The molecule has 0 amide bonds. The molecule has 0 rings (SSSR count). The molecule has 0 saturated heterocycles. The van der Waals surface area contributed by atoms with E-state index in [0.717, 1.165) is 0 Å². The SMILES string of the molecule is O.O.[Co].[GaH3].[Ni]. The molecule has 1 radical (unpaired) electrons. The second-order valence-electron chi connectivity index (χ2n) is 0. The van der Waals surface area contributed by atoms with Crippen LogP contribution in [0.5, 0.6) is 0 Å². The molecule has 0 spiro atoms. The summed E-state index contributed by atoms with van der Waals surface area (Å²) in [5.41, 5.74) is 0. The Labute approximate surface area is 63.9 Å². The maximum Gasteiger partial charge on any atom is 0 e. The molecule has 0 aliphatic rings. The van der Waals surface area contributed by atoms with Crippen LogP contribution in [0.15, 0.2) is 0 Å². The summed E-state index contributed by atoms with van der Waals surface area (Å²) in [6, 6.07) is 0. The van der Waals surface area contributed by atoms with Crippen molar-refractivity contribution in [1.82, 2.24) is 0 Å². The van der Waals surface area contributed by atoms with Crippen molar-refractivity contribution < 1.29 is 44.2 Å². The van der Waals surface area contributed by atoms with Gasteiger partial charge in [-0.15, -0.1) is 0 Å². The van der Waals surface area contributed by atoms with Crippen LogP contribution in [0.2, 0.25) is 0 Å². The van der Waals surface area contributed by atoms with Crippen LogP contribution < -0.4 is 0 Å². The van der Waals surface area contributed by atoms with E-state index in [4.69, 9.17) is 0 Å². The summed E-state index contributed by atoms with van der Waals surface area (Å²) in [5.74, 6) is 0. The van der Waals surface area contributed by atoms with Crippen LogP contribution in [0.25, 0.3) is 0 Å². The van der Waals surface area contributed by atoms with E-state index in [9.17, 15) is 0 Å². The van der Waals surface area contributed by atoms with Crippen LogP contribution >= 0.6 is 0 Å². The van der Waals surface area contributed by atoms with Crippen molar-refractivity contribution in [3.05, 3.63) is 0 Å². The summed E-state index contributed by atoms with van der Waals surface area (Å²) < 4.78 is 0. The maximum atomic E-state index is 0. The molecule has 0 aromatic carbocycles. The molecule has 0 aromatic rings. The third kappa shape index (κ3) is 29.0. The van der Waals surface area contributed by atoms with Crippen LogP contribution in [0.4, 0.5) is 0 Å². The van der Waals surface area contributed by atoms with Crippen LogP contribution in [-0.4, -0.2) is 30.7 Å². The summed E-state index contributed by atoms with van der Waals surface area (Å²) >= 11 is 0. The molecule has 0 aromatic heterocycles. The van der Waals surface area contributed by atoms with Gasteiger partial charge in [0.2, 0.25) is 0 Å². The van der Waals surface area contributed by atoms with Crippen molar-refractivity contribution in [2.45, 2.75) is 0 Å². The minimum absolute atomic E-state index is 0. The molecule has 41 valence electrons. The van der Waals surface area contributed by atoms with Crippen LogP contribution in [0.3, 0.4) is 0 Å². The zero-order valence-corrected chi connectivity index (χ0v) is 3.68. The Kier molecular flexibility index (Phi) is 796. The minimum atomic E-state index is 0. The topological polar surface area (TPSA) is 63.0 Å². The third-order valence-corrected chi connectivity index (χ3v) is 0. The van der Waals surface area contributed by atoms with E-state index in [2.05, 4.69) is 0 Å². The van der Waals surface area contributed by atoms with Gasteiger partial charge >= 0.3 is 19.8 Å². The van der Waals surface area contributed by atoms with Gasteiger partial charge in [-0.3, -0.25) is 0 Å². The van der Waals surface area contributed by atoms with Gasteiger partial charge in [0.05, 0.1) is 0 Å². The number of rotatable bonds is 0. The molecule has 0 heterocycles. The summed E-state index contributed by atoms with van der Waals surface area (Å²) in [6.45, 7) is 0. The summed E-state index contributed by atoms with van der Waals surface area (Å²) in [6.07, 6.45) is 0. The van der Waals surface area contributed by atoms with Crippen molar-refractivity contribution in [2.24, 2.45) is 0 Å². The Balaban J connectivity index is 0. The fourth-order valence-electron chi connectivity index (χ4n) is 0. The predicted octanol–water partition coefficient (Wildman–Crippen LogP) is -2.84. The van der Waals surface area contributed by atoms with E-state index < -0.39 is 0 Å². The fraction of sp³-hybridized carbons (Fsp3) is 0. The van der Waals surface area contributed by atoms with E-state index >= 15 is 0 Å². The molecule has 5 heteroatoms. The smallest absolute Gasteiger partial charge is 0 e. The van der Waals surface area contributed by atoms with Gasteiger partial charge in [-0.2, -0.15) is 0 Å². The Morgan fingerprint density at radius 2 is 0.800 bits per heavy atom. The fourth-order valence-corrected chi connectivity index (χ4v) is 0. The maximum absolute atomic E-state index is 0. The molecule has 0 unspecified atom stereocenters. The Morgan fingerprint density at radius 3 is 0.800 bits per heavy atom. The van der Waals surface area contributed by atoms with Gasteiger partial charge in [0.15, 0.2) is 0 Å². The van der Waals surface area contributed by atoms with E-state index in [1.807, 2.05) is 0 Å². The second-order valence-corrected chi connectivity index (χ2v) is 0. The predicted molar refractivity (Wildman–Crippen MR) is 17.2 cm³/mol. The van der Waals surface area contributed by atoms with Crippen LogP contribution in [0, 0.1) is 0 Å². The Hall–Kier alpha value is 1.56. The molecule has 0 bridgehead atoms. The molecule has 2 nitrogen and oxygen atoms in total. The molecule has 0 aliphatic carbocycles. The minimum Gasteiger partial charge on any atom is 0 e. The first-order chi connectivity index (χ1) is 0. The van der Waals surface area contributed by atoms with Gasteiger partial charge in [0, 0.05) is 33.3 Å². The number of hydrogen-bond acceptors (Lipinski definition) is 0. The molecule has 5 heavy (non-hydrogen) atoms. The first-order valence-corrected chi connectivity index (χ1v) is 0. The van der Waals surface area contributed by atoms with Gasteiger partial charge in [0.1, 0.15) is 0 Å². The second kappa shape index (κ2) is 47.6. The van der Waals surface area contributed by atoms with Gasteiger partial charge in [-0.1, -0.05) is 0 Å². The normalized spacial score (nSPS) is 0. The molecular formula is H7CoGaNiO2. The molecule has 0 saturated carbocycles. The van der Waals surface area contributed by atoms with Gasteiger partial charge in [-0.05, 0) is 0 Å². The summed E-state index contributed by atoms with van der Waals surface area (Å²) in [5, 5.41) is 0. The quantitative estimate of drug-likeness (QED) is 0.400. The van der Waals surface area contributed by atoms with E-state index in [1.165, 1.54) is 0 Å². The molecule has 0 fully saturated rings. The van der Waals surface area contributed by atoms with Gasteiger partial charge in [-0.25, -0.2) is 0 Å². The van der Waals surface area contributed by atoms with E-state index in [0.29, 0.717) is 0 Å². The average molecular weight is 226 g/mol. The molecule has 0 aliphatic heterocycles. The summed E-state index contributed by atoms with van der Waals surface area (Å²) in [7, 11) is 0. The van der Waals surface area contributed by atoms with Crippen LogP contribution in [0.1, 0.15) is 0 Å². The average Bonchev–Trinajstić information content (AvgIpc) is 0. The standard InChI is InChI=1S/Co.Ga.Ni.2H2O.3H/h;;;2*1H2;;;. The van der Waals surface area contributed by atoms with E-state index in [1.54, 1.807) is 0 Å². The van der Waals surface area contributed by atoms with Gasteiger partial charge in [0.25, 0.3) is 0 Å². The van der Waals surface area contributed by atoms with Crippen molar-refractivity contribution in [2.75, 3.05) is 0 Å². The molecule has 4 N–H and O–H groups in total. The first kappa shape index (κ1) is 83.6. The first-order valence-electron chi connectivity index (χ1n) is 0. The van der Waals surface area contributed by atoms with Crippen molar-refractivity contribution in [1.29, 1.82) is 0 Å². The van der Waals surface area contributed by atoms with Gasteiger partial charge < -0.3 is 11.0 Å². The van der Waals surface area contributed by atoms with E-state index in [-0.39, 0.29) is 64.0 Å². The summed E-state index contributed by atoms with van der Waals surface area (Å²) in [4.78, 5) is 0. The van der Waals surface area contributed by atoms with Crippen molar-refractivity contribution >= 4 is 19.8 Å². The Morgan fingerprint density at radius 1 is 0.800 bits per heavy atom. The van der Waals surface area contributed by atoms with Crippen molar-refractivity contribution in [3.63, 3.8) is 0 Å². The zero-order valence-electron chi connectivity index (χ0n) is 1.65. The third-order valence-electron chi connectivity index (χ3n) is 0. The number of hydrogen-bond donors (Lipinski definition) is 0. The molecular weight excluding hydrogens is 219 g/mol.